The summed E-state index contributed by atoms with van der Waals surface area (Å²) in [6.07, 6.45) is 0.688. The number of esters is 1. The minimum absolute atomic E-state index is 0.146. The smallest absolute Gasteiger partial charge is 0.334 e. The number of hydrogen-bond donors (Lipinski definition) is 0. The Hall–Kier alpha value is -1.57. The highest BCUT2D eigenvalue weighted by Crippen LogP contribution is 2.25. The number of cyclic esters (lactones) is 1. The van der Waals surface area contributed by atoms with E-state index in [2.05, 4.69) is 13.8 Å². The summed E-state index contributed by atoms with van der Waals surface area (Å²) in [5, 5.41) is 0. The molecule has 0 unspecified atom stereocenters. The third kappa shape index (κ3) is 2.16. The van der Waals surface area contributed by atoms with Gasteiger partial charge in [0.2, 0.25) is 0 Å². The van der Waals surface area contributed by atoms with Crippen LogP contribution in [0.5, 0.6) is 0 Å². The second-order valence-electron chi connectivity index (χ2n) is 4.40. The van der Waals surface area contributed by atoms with Gasteiger partial charge in [0.05, 0.1) is 0 Å². The number of hydrogen-bond acceptors (Lipinski definition) is 2. The van der Waals surface area contributed by atoms with Crippen molar-refractivity contribution in [3.05, 3.63) is 47.0 Å². The van der Waals surface area contributed by atoms with Gasteiger partial charge in [0.1, 0.15) is 6.61 Å². The quantitative estimate of drug-likeness (QED) is 0.726. The molecule has 0 saturated heterocycles. The molecule has 0 radical (unpaired) electrons. The van der Waals surface area contributed by atoms with Crippen molar-refractivity contribution < 1.29 is 9.53 Å². The zero-order chi connectivity index (χ0) is 11.5. The van der Waals surface area contributed by atoms with E-state index in [1.165, 1.54) is 0 Å². The molecule has 0 saturated carbocycles. The van der Waals surface area contributed by atoms with Gasteiger partial charge in [-0.25, -0.2) is 4.79 Å². The molecule has 16 heavy (non-hydrogen) atoms. The van der Waals surface area contributed by atoms with Crippen molar-refractivity contribution in [2.75, 3.05) is 6.61 Å². The van der Waals surface area contributed by atoms with Crippen LogP contribution in [0.25, 0.3) is 0 Å². The molecule has 2 rings (SSSR count). The van der Waals surface area contributed by atoms with Crippen molar-refractivity contribution in [2.45, 2.75) is 20.3 Å². The van der Waals surface area contributed by atoms with Crippen molar-refractivity contribution in [2.24, 2.45) is 5.92 Å². The van der Waals surface area contributed by atoms with E-state index in [9.17, 15) is 4.79 Å². The maximum Gasteiger partial charge on any atom is 0.334 e. The van der Waals surface area contributed by atoms with Crippen molar-refractivity contribution in [1.29, 1.82) is 0 Å². The molecule has 1 aromatic rings. The Kier molecular flexibility index (Phi) is 3.09. The lowest BCUT2D eigenvalue weighted by molar-refractivity contribution is -0.136. The van der Waals surface area contributed by atoms with E-state index in [0.29, 0.717) is 18.9 Å². The van der Waals surface area contributed by atoms with Crippen LogP contribution in [0.4, 0.5) is 0 Å². The van der Waals surface area contributed by atoms with E-state index >= 15 is 0 Å². The first-order valence-corrected chi connectivity index (χ1v) is 5.61. The van der Waals surface area contributed by atoms with Crippen LogP contribution in [0.2, 0.25) is 0 Å². The summed E-state index contributed by atoms with van der Waals surface area (Å²) in [5.74, 6) is 0.234. The maximum absolute atomic E-state index is 11.6. The van der Waals surface area contributed by atoms with Gasteiger partial charge in [-0.05, 0) is 17.1 Å². The summed E-state index contributed by atoms with van der Waals surface area (Å²) in [4.78, 5) is 11.6. The molecule has 1 heterocycles. The van der Waals surface area contributed by atoms with Crippen LogP contribution < -0.4 is 0 Å². The Bertz CT molecular complexity index is 416. The average molecular weight is 216 g/mol. The van der Waals surface area contributed by atoms with Crippen LogP contribution in [0.15, 0.2) is 41.5 Å². The fourth-order valence-corrected chi connectivity index (χ4v) is 1.95. The van der Waals surface area contributed by atoms with Crippen molar-refractivity contribution in [3.8, 4) is 0 Å². The molecule has 0 N–H and O–H groups in total. The summed E-state index contributed by atoms with van der Waals surface area (Å²) in [6, 6.07) is 10.0. The average Bonchev–Trinajstić information content (AvgIpc) is 2.62. The lowest BCUT2D eigenvalue weighted by atomic mass is 9.95. The largest absolute Gasteiger partial charge is 0.458 e. The van der Waals surface area contributed by atoms with Crippen molar-refractivity contribution in [1.82, 2.24) is 0 Å². The third-order valence-corrected chi connectivity index (χ3v) is 2.91. The van der Waals surface area contributed by atoms with Crippen molar-refractivity contribution >= 4 is 5.97 Å². The van der Waals surface area contributed by atoms with Gasteiger partial charge in [0.25, 0.3) is 0 Å². The Morgan fingerprint density at radius 1 is 1.25 bits per heavy atom. The zero-order valence-electron chi connectivity index (χ0n) is 9.69. The normalized spacial score (nSPS) is 15.8. The van der Waals surface area contributed by atoms with Gasteiger partial charge >= 0.3 is 5.97 Å². The highest BCUT2D eigenvalue weighted by atomic mass is 16.5. The lowest BCUT2D eigenvalue weighted by Gasteiger charge is -2.06. The van der Waals surface area contributed by atoms with Crippen LogP contribution in [0.1, 0.15) is 19.4 Å². The van der Waals surface area contributed by atoms with Gasteiger partial charge < -0.3 is 4.74 Å². The predicted molar refractivity (Wildman–Crippen MR) is 63.0 cm³/mol. The van der Waals surface area contributed by atoms with Crippen LogP contribution in [0, 0.1) is 5.92 Å². The highest BCUT2D eigenvalue weighted by molar-refractivity contribution is 5.92. The third-order valence-electron chi connectivity index (χ3n) is 2.91. The van der Waals surface area contributed by atoms with E-state index in [0.717, 1.165) is 16.7 Å². The molecule has 1 aliphatic rings. The van der Waals surface area contributed by atoms with Crippen LogP contribution in [-0.4, -0.2) is 12.6 Å². The Morgan fingerprint density at radius 3 is 2.56 bits per heavy atom. The first-order valence-electron chi connectivity index (χ1n) is 5.61. The second kappa shape index (κ2) is 4.52. The van der Waals surface area contributed by atoms with Crippen LogP contribution in [-0.2, 0) is 16.0 Å². The van der Waals surface area contributed by atoms with Gasteiger partial charge in [-0.1, -0.05) is 44.2 Å². The molecule has 0 bridgehead atoms. The van der Waals surface area contributed by atoms with E-state index in [1.807, 2.05) is 30.3 Å². The Balaban J connectivity index is 2.25. The fraction of sp³-hybridized carbons (Fsp3) is 0.357. The molecule has 2 nitrogen and oxygen atoms in total. The van der Waals surface area contributed by atoms with E-state index < -0.39 is 0 Å². The summed E-state index contributed by atoms with van der Waals surface area (Å²) in [6.45, 7) is 4.67. The topological polar surface area (TPSA) is 26.3 Å². The number of rotatable bonds is 3. The monoisotopic (exact) mass is 216 g/mol. The summed E-state index contributed by atoms with van der Waals surface area (Å²) in [5.41, 5.74) is 3.16. The minimum atomic E-state index is -0.146. The molecule has 0 atom stereocenters. The molecular weight excluding hydrogens is 200 g/mol. The molecular formula is C14H16O2. The van der Waals surface area contributed by atoms with Gasteiger partial charge in [-0.15, -0.1) is 0 Å². The van der Waals surface area contributed by atoms with Gasteiger partial charge in [-0.2, -0.15) is 0 Å². The Morgan fingerprint density at radius 2 is 1.94 bits per heavy atom. The summed E-state index contributed by atoms with van der Waals surface area (Å²) < 4.78 is 5.10. The Labute approximate surface area is 95.9 Å². The van der Waals surface area contributed by atoms with Crippen LogP contribution >= 0.6 is 0 Å². The number of benzene rings is 1. The number of ether oxygens (including phenoxy) is 1. The summed E-state index contributed by atoms with van der Waals surface area (Å²) in [7, 11) is 0. The molecule has 84 valence electrons. The molecule has 0 aliphatic carbocycles. The highest BCUT2D eigenvalue weighted by Gasteiger charge is 2.26. The minimum Gasteiger partial charge on any atom is -0.458 e. The maximum atomic E-state index is 11.6. The molecule has 0 amide bonds. The molecule has 0 aromatic heterocycles. The number of carbonyl (C=O) groups excluding carboxylic acids is 1. The van der Waals surface area contributed by atoms with Gasteiger partial charge in [-0.3, -0.25) is 0 Å². The van der Waals surface area contributed by atoms with Gasteiger partial charge in [0.15, 0.2) is 0 Å². The summed E-state index contributed by atoms with van der Waals surface area (Å²) >= 11 is 0. The van der Waals surface area contributed by atoms with E-state index in [4.69, 9.17) is 4.74 Å². The first-order chi connectivity index (χ1) is 7.68. The van der Waals surface area contributed by atoms with E-state index in [-0.39, 0.29) is 5.97 Å². The SMILES string of the molecule is CC(C)C1=C(Cc2ccccc2)C(=O)OC1. The fourth-order valence-electron chi connectivity index (χ4n) is 1.95. The standard InChI is InChI=1S/C14H16O2/c1-10(2)13-9-16-14(15)12(13)8-11-6-4-3-5-7-11/h3-7,10H,8-9H2,1-2H3. The molecule has 2 heteroatoms. The zero-order valence-corrected chi connectivity index (χ0v) is 9.69. The molecule has 0 spiro atoms. The first kappa shape index (κ1) is 10.9. The molecule has 1 aliphatic heterocycles. The lowest BCUT2D eigenvalue weighted by Crippen LogP contribution is -2.03. The predicted octanol–water partition coefficient (Wildman–Crippen LogP) is 2.74. The van der Waals surface area contributed by atoms with Crippen LogP contribution in [0.3, 0.4) is 0 Å². The van der Waals surface area contributed by atoms with E-state index in [1.54, 1.807) is 0 Å². The molecule has 1 aromatic carbocycles. The second-order valence-corrected chi connectivity index (χ2v) is 4.40. The van der Waals surface area contributed by atoms with Crippen molar-refractivity contribution in [3.63, 3.8) is 0 Å². The van der Waals surface area contributed by atoms with Gasteiger partial charge in [0, 0.05) is 12.0 Å². The number of carbonyl (C=O) groups is 1. The molecule has 0 fully saturated rings.